The van der Waals surface area contributed by atoms with Crippen LogP contribution < -0.4 is 16.0 Å². The zero-order valence-electron chi connectivity index (χ0n) is 41.3. The number of benzene rings is 1. The van der Waals surface area contributed by atoms with Gasteiger partial charge in [-0.05, 0) is 82.6 Å². The van der Waals surface area contributed by atoms with Gasteiger partial charge in [-0.1, -0.05) is 71.9 Å². The molecular weight excluding hydrogens is 833 g/mol. The molecule has 5 N–H and O–H groups in total. The highest BCUT2D eigenvalue weighted by atomic mass is 16.3. The van der Waals surface area contributed by atoms with E-state index in [2.05, 4.69) is 16.0 Å². The maximum atomic E-state index is 14.9. The number of amides is 7. The van der Waals surface area contributed by atoms with Crippen LogP contribution in [0.2, 0.25) is 0 Å². The second-order valence-electron chi connectivity index (χ2n) is 19.9. The van der Waals surface area contributed by atoms with Crippen LogP contribution >= 0.6 is 0 Å². The summed E-state index contributed by atoms with van der Waals surface area (Å²) in [5, 5.41) is 32.1. The highest BCUT2D eigenvalue weighted by molar-refractivity contribution is 5.97. The SMILES string of the molecule is CC(C)C[C@@H]1N(C)C(=O)[C@H](CC(C)C)N(C)C(=O)[C@H]([C@@H](C)O)NC(=O)[C@H](CC(C)C)N(C)C(=O)[C@H](Cc2ccccc2)N(C)C(=O)[C@@H](C)NC(=O)C[C@@H](C(=O)N2CCCCC2)NC1(C)O. The Balaban J connectivity index is 2.28. The average Bonchev–Trinajstić information content (AvgIpc) is 3.24. The Kier molecular flexibility index (Phi) is 20.4. The van der Waals surface area contributed by atoms with Gasteiger partial charge in [0.1, 0.15) is 35.9 Å². The number of carbonyl (C=O) groups excluding carboxylic acids is 7. The van der Waals surface area contributed by atoms with Gasteiger partial charge in [0.05, 0.1) is 24.6 Å². The van der Waals surface area contributed by atoms with E-state index in [1.165, 1.54) is 68.6 Å². The minimum Gasteiger partial charge on any atom is -0.391 e. The molecule has 2 fully saturated rings. The monoisotopic (exact) mass is 913 g/mol. The van der Waals surface area contributed by atoms with Crippen molar-refractivity contribution in [2.45, 2.75) is 168 Å². The molecule has 2 aliphatic heterocycles. The van der Waals surface area contributed by atoms with Crippen LogP contribution in [0.1, 0.15) is 113 Å². The van der Waals surface area contributed by atoms with Crippen molar-refractivity contribution < 1.29 is 43.8 Å². The normalized spacial score (nSPS) is 28.6. The number of aliphatic hydroxyl groups excluding tert-OH is 1. The molecule has 3 rings (SSSR count). The third kappa shape index (κ3) is 14.9. The van der Waals surface area contributed by atoms with Gasteiger partial charge in [0, 0.05) is 47.7 Å². The molecule has 0 spiro atoms. The minimum absolute atomic E-state index is 0.0607. The van der Waals surface area contributed by atoms with Crippen molar-refractivity contribution in [3.05, 3.63) is 35.9 Å². The second-order valence-corrected chi connectivity index (χ2v) is 19.9. The number of carbonyl (C=O) groups is 7. The Hall–Kier alpha value is -4.61. The van der Waals surface area contributed by atoms with Crippen molar-refractivity contribution in [1.29, 1.82) is 0 Å². The first-order chi connectivity index (χ1) is 30.3. The molecule has 2 saturated heterocycles. The number of hydrogen-bond acceptors (Lipinski definition) is 10. The third-order valence-corrected chi connectivity index (χ3v) is 12.8. The van der Waals surface area contributed by atoms with Crippen molar-refractivity contribution in [1.82, 2.24) is 40.4 Å². The summed E-state index contributed by atoms with van der Waals surface area (Å²) < 4.78 is 0. The number of likely N-dealkylation sites (N-methyl/N-ethyl adjacent to an activating group) is 4. The molecule has 0 aromatic heterocycles. The summed E-state index contributed by atoms with van der Waals surface area (Å²) in [6.07, 6.45) is 1.25. The molecule has 17 nitrogen and oxygen atoms in total. The van der Waals surface area contributed by atoms with Crippen LogP contribution in [0.4, 0.5) is 0 Å². The van der Waals surface area contributed by atoms with Gasteiger partial charge in [-0.15, -0.1) is 0 Å². The van der Waals surface area contributed by atoms with Gasteiger partial charge in [-0.25, -0.2) is 0 Å². The van der Waals surface area contributed by atoms with Gasteiger partial charge in [-0.2, -0.15) is 0 Å². The number of nitrogens with one attached hydrogen (secondary N) is 3. The van der Waals surface area contributed by atoms with Crippen molar-refractivity contribution in [3.63, 3.8) is 0 Å². The number of rotatable bonds is 10. The van der Waals surface area contributed by atoms with E-state index >= 15 is 0 Å². The first-order valence-corrected chi connectivity index (χ1v) is 23.5. The summed E-state index contributed by atoms with van der Waals surface area (Å²) in [4.78, 5) is 108. The highest BCUT2D eigenvalue weighted by Crippen LogP contribution is 2.26. The standard InChI is InChI=1S/C48H80N8O9/c1-29(2)24-36-42(59)50-41(33(8)57)47(64)54(12)37(25-30(3)4)46(63)55(13)39(26-31(5)6)48(9,65)51-35(44(61)56-22-18-15-19-23-56)28-40(58)49-32(7)43(60)53(11)38(45(62)52(36)10)27-34-20-16-14-17-21-34/h14,16-17,20-21,29-33,35-39,41,51,57,65H,15,18-19,22-28H2,1-13H3,(H,49,58)(H,50,59)/t32-,33-,35+,36+,37+,38+,39+,41+,48?/m1/s1. The molecule has 9 atom stereocenters. The van der Waals surface area contributed by atoms with Crippen LogP contribution in [0.25, 0.3) is 0 Å². The lowest BCUT2D eigenvalue weighted by molar-refractivity contribution is -0.156. The zero-order chi connectivity index (χ0) is 49.1. The second kappa shape index (κ2) is 24.2. The number of nitrogens with zero attached hydrogens (tertiary/aromatic N) is 5. The molecular formula is C48H80N8O9. The summed E-state index contributed by atoms with van der Waals surface area (Å²) in [5.41, 5.74) is -1.25. The van der Waals surface area contributed by atoms with E-state index in [9.17, 15) is 43.8 Å². The molecule has 1 unspecified atom stereocenters. The first-order valence-electron chi connectivity index (χ1n) is 23.5. The van der Waals surface area contributed by atoms with Crippen LogP contribution in [0.5, 0.6) is 0 Å². The summed E-state index contributed by atoms with van der Waals surface area (Å²) in [6, 6.07) is 0.675. The van der Waals surface area contributed by atoms with E-state index < -0.39 is 102 Å². The lowest BCUT2D eigenvalue weighted by atomic mass is 9.91. The molecule has 0 bridgehead atoms. The predicted octanol–water partition coefficient (Wildman–Crippen LogP) is 2.13. The van der Waals surface area contributed by atoms with E-state index in [0.29, 0.717) is 13.1 Å². The molecule has 0 saturated carbocycles. The highest BCUT2D eigenvalue weighted by Gasteiger charge is 2.45. The smallest absolute Gasteiger partial charge is 0.248 e. The number of piperidine rings is 1. The molecule has 2 aliphatic rings. The van der Waals surface area contributed by atoms with Gasteiger partial charge in [0.2, 0.25) is 41.4 Å². The predicted molar refractivity (Wildman–Crippen MR) is 249 cm³/mol. The fraction of sp³-hybridized carbons (Fsp3) is 0.729. The quantitative estimate of drug-likeness (QED) is 0.231. The fourth-order valence-corrected chi connectivity index (χ4v) is 8.98. The van der Waals surface area contributed by atoms with Crippen LogP contribution in [0.15, 0.2) is 30.3 Å². The number of hydrogen-bond donors (Lipinski definition) is 5. The van der Waals surface area contributed by atoms with E-state index in [1.807, 2.05) is 59.7 Å². The van der Waals surface area contributed by atoms with Crippen molar-refractivity contribution in [2.75, 3.05) is 41.3 Å². The van der Waals surface area contributed by atoms with E-state index in [4.69, 9.17) is 0 Å². The lowest BCUT2D eigenvalue weighted by Crippen LogP contribution is -2.67. The summed E-state index contributed by atoms with van der Waals surface area (Å²) in [5.74, 6) is -4.55. The molecule has 0 radical (unpaired) electrons. The molecule has 17 heteroatoms. The maximum absolute atomic E-state index is 14.9. The topological polar surface area (TPSA) is 212 Å². The molecule has 1 aromatic carbocycles. The van der Waals surface area contributed by atoms with Gasteiger partial charge in [0.25, 0.3) is 0 Å². The summed E-state index contributed by atoms with van der Waals surface area (Å²) in [6.45, 7) is 16.6. The van der Waals surface area contributed by atoms with Gasteiger partial charge >= 0.3 is 0 Å². The Morgan fingerprint density at radius 1 is 0.692 bits per heavy atom. The first kappa shape index (κ1) is 54.7. The molecule has 2 heterocycles. The average molecular weight is 913 g/mol. The molecule has 7 amide bonds. The molecule has 366 valence electrons. The van der Waals surface area contributed by atoms with Gasteiger partial charge in [-0.3, -0.25) is 38.9 Å². The van der Waals surface area contributed by atoms with Crippen LogP contribution in [-0.2, 0) is 40.0 Å². The maximum Gasteiger partial charge on any atom is 0.248 e. The molecule has 1 aromatic rings. The minimum atomic E-state index is -1.98. The fourth-order valence-electron chi connectivity index (χ4n) is 8.98. The van der Waals surface area contributed by atoms with Crippen molar-refractivity contribution in [3.8, 4) is 0 Å². The zero-order valence-corrected chi connectivity index (χ0v) is 41.3. The molecule has 0 aliphatic carbocycles. The van der Waals surface area contributed by atoms with Crippen molar-refractivity contribution >= 4 is 41.4 Å². The van der Waals surface area contributed by atoms with E-state index in [0.717, 1.165) is 24.8 Å². The van der Waals surface area contributed by atoms with E-state index in [1.54, 1.807) is 17.0 Å². The summed E-state index contributed by atoms with van der Waals surface area (Å²) in [7, 11) is 5.88. The summed E-state index contributed by atoms with van der Waals surface area (Å²) >= 11 is 0. The Bertz CT molecular complexity index is 1780. The van der Waals surface area contributed by atoms with Crippen LogP contribution in [0.3, 0.4) is 0 Å². The van der Waals surface area contributed by atoms with Crippen molar-refractivity contribution in [2.24, 2.45) is 17.8 Å². The Morgan fingerprint density at radius 2 is 1.20 bits per heavy atom. The molecule has 65 heavy (non-hydrogen) atoms. The van der Waals surface area contributed by atoms with Gasteiger partial charge in [0.15, 0.2) is 0 Å². The third-order valence-electron chi connectivity index (χ3n) is 12.8. The largest absolute Gasteiger partial charge is 0.391 e. The number of aliphatic hydroxyl groups is 2. The van der Waals surface area contributed by atoms with Crippen LogP contribution in [0, 0.1) is 17.8 Å². The van der Waals surface area contributed by atoms with E-state index in [-0.39, 0.29) is 43.4 Å². The lowest BCUT2D eigenvalue weighted by Gasteiger charge is -2.45. The Labute approximate surface area is 387 Å². The Morgan fingerprint density at radius 3 is 1.74 bits per heavy atom. The van der Waals surface area contributed by atoms with Gasteiger partial charge < -0.3 is 45.3 Å². The number of likely N-dealkylation sites (tertiary alicyclic amines) is 1. The van der Waals surface area contributed by atoms with Crippen LogP contribution in [-0.4, -0.2) is 171 Å².